The summed E-state index contributed by atoms with van der Waals surface area (Å²) >= 11 is 0. The largest absolute Gasteiger partial charge is 0.503 e. The summed E-state index contributed by atoms with van der Waals surface area (Å²) in [5.74, 6) is -2.98. The van der Waals surface area contributed by atoms with Gasteiger partial charge in [0.25, 0.3) is 5.91 Å². The van der Waals surface area contributed by atoms with Crippen LogP contribution in [-0.2, 0) is 19.1 Å². The number of carbonyl (C=O) groups excluding carboxylic acids is 3. The highest BCUT2D eigenvalue weighted by Gasteiger charge is 2.27. The number of aromatic nitrogens is 1. The van der Waals surface area contributed by atoms with Gasteiger partial charge in [0.15, 0.2) is 23.2 Å². The number of nitrogens with zero attached hydrogens (tertiary/aromatic N) is 1. The van der Waals surface area contributed by atoms with Crippen LogP contribution in [0, 0.1) is 5.92 Å². The second-order valence-electron chi connectivity index (χ2n) is 5.04. The molecule has 24 heavy (non-hydrogen) atoms. The summed E-state index contributed by atoms with van der Waals surface area (Å²) in [6.07, 6.45) is 1.26. The van der Waals surface area contributed by atoms with E-state index in [1.807, 2.05) is 0 Å². The molecule has 0 aliphatic carbocycles. The van der Waals surface area contributed by atoms with Crippen LogP contribution in [0.15, 0.2) is 12.3 Å². The van der Waals surface area contributed by atoms with Crippen molar-refractivity contribution in [1.29, 1.82) is 0 Å². The van der Waals surface area contributed by atoms with Gasteiger partial charge in [0.05, 0.1) is 20.1 Å². The van der Waals surface area contributed by atoms with Crippen LogP contribution in [0.3, 0.4) is 0 Å². The third kappa shape index (κ3) is 4.83. The monoisotopic (exact) mass is 340 g/mol. The molecule has 0 bridgehead atoms. The average molecular weight is 340 g/mol. The Morgan fingerprint density at radius 2 is 1.92 bits per heavy atom. The van der Waals surface area contributed by atoms with Crippen LogP contribution in [-0.4, -0.2) is 54.8 Å². The quantitative estimate of drug-likeness (QED) is 0.678. The van der Waals surface area contributed by atoms with E-state index in [2.05, 4.69) is 15.0 Å². The molecule has 0 aromatic carbocycles. The molecule has 9 nitrogen and oxygen atoms in total. The number of carbonyl (C=O) groups is 3. The average Bonchev–Trinajstić information content (AvgIpc) is 2.57. The lowest BCUT2D eigenvalue weighted by atomic mass is 10.2. The summed E-state index contributed by atoms with van der Waals surface area (Å²) < 4.78 is 14.4. The van der Waals surface area contributed by atoms with Gasteiger partial charge < -0.3 is 24.6 Å². The van der Waals surface area contributed by atoms with Gasteiger partial charge in [0, 0.05) is 12.3 Å². The molecule has 0 radical (unpaired) electrons. The predicted molar refractivity (Wildman–Crippen MR) is 81.5 cm³/mol. The maximum absolute atomic E-state index is 12.2. The number of hydrogen-bond donors (Lipinski definition) is 2. The highest BCUT2D eigenvalue weighted by molar-refractivity contribution is 5.98. The summed E-state index contributed by atoms with van der Waals surface area (Å²) in [4.78, 5) is 39.2. The zero-order valence-electron chi connectivity index (χ0n) is 13.9. The van der Waals surface area contributed by atoms with Crippen molar-refractivity contribution in [1.82, 2.24) is 10.3 Å². The van der Waals surface area contributed by atoms with Crippen LogP contribution in [0.2, 0.25) is 0 Å². The number of amides is 1. The number of hydrogen-bond acceptors (Lipinski definition) is 8. The Hall–Kier alpha value is -2.84. The molecular weight excluding hydrogens is 320 g/mol. The summed E-state index contributed by atoms with van der Waals surface area (Å²) in [5, 5.41) is 12.2. The SMILES string of the molecule is COC(=O)C(COC(=O)C(C)C)NC(=O)c1nccc(OC)c1O. The number of esters is 2. The van der Waals surface area contributed by atoms with E-state index >= 15 is 0 Å². The molecule has 0 spiro atoms. The maximum atomic E-state index is 12.2. The Balaban J connectivity index is 2.88. The van der Waals surface area contributed by atoms with E-state index < -0.39 is 36.2 Å². The summed E-state index contributed by atoms with van der Waals surface area (Å²) in [5.41, 5.74) is -0.335. The van der Waals surface area contributed by atoms with E-state index in [-0.39, 0.29) is 17.4 Å². The van der Waals surface area contributed by atoms with Gasteiger partial charge in [0.2, 0.25) is 0 Å². The molecular formula is C15H20N2O7. The molecule has 0 fully saturated rings. The van der Waals surface area contributed by atoms with Crippen molar-refractivity contribution >= 4 is 17.8 Å². The van der Waals surface area contributed by atoms with Gasteiger partial charge >= 0.3 is 11.9 Å². The van der Waals surface area contributed by atoms with E-state index in [1.165, 1.54) is 19.4 Å². The molecule has 1 unspecified atom stereocenters. The van der Waals surface area contributed by atoms with Crippen LogP contribution < -0.4 is 10.1 Å². The van der Waals surface area contributed by atoms with Crippen LogP contribution >= 0.6 is 0 Å². The fourth-order valence-corrected chi connectivity index (χ4v) is 1.64. The minimum Gasteiger partial charge on any atom is -0.503 e. The molecule has 1 rings (SSSR count). The van der Waals surface area contributed by atoms with E-state index in [9.17, 15) is 19.5 Å². The Bertz CT molecular complexity index is 616. The van der Waals surface area contributed by atoms with E-state index in [0.717, 1.165) is 7.11 Å². The molecule has 0 aliphatic rings. The molecule has 0 saturated heterocycles. The van der Waals surface area contributed by atoms with Crippen molar-refractivity contribution in [2.45, 2.75) is 19.9 Å². The second kappa shape index (κ2) is 8.70. The van der Waals surface area contributed by atoms with Gasteiger partial charge in [-0.15, -0.1) is 0 Å². The Morgan fingerprint density at radius 1 is 1.25 bits per heavy atom. The Labute approximate surface area is 138 Å². The van der Waals surface area contributed by atoms with Crippen molar-refractivity contribution in [3.63, 3.8) is 0 Å². The number of pyridine rings is 1. The molecule has 1 heterocycles. The fourth-order valence-electron chi connectivity index (χ4n) is 1.64. The molecule has 1 aromatic heterocycles. The normalized spacial score (nSPS) is 11.5. The van der Waals surface area contributed by atoms with Gasteiger partial charge in [0.1, 0.15) is 6.61 Å². The first-order chi connectivity index (χ1) is 11.3. The summed E-state index contributed by atoms with van der Waals surface area (Å²) in [6, 6.07) is 0.131. The third-order valence-corrected chi connectivity index (χ3v) is 2.98. The van der Waals surface area contributed by atoms with Crippen molar-refractivity contribution in [2.75, 3.05) is 20.8 Å². The number of nitrogens with one attached hydrogen (secondary N) is 1. The van der Waals surface area contributed by atoms with Crippen LogP contribution in [0.4, 0.5) is 0 Å². The first-order valence-electron chi connectivity index (χ1n) is 7.09. The predicted octanol–water partition coefficient (Wildman–Crippen LogP) is 0.266. The molecule has 2 N–H and O–H groups in total. The van der Waals surface area contributed by atoms with E-state index in [4.69, 9.17) is 9.47 Å². The smallest absolute Gasteiger partial charge is 0.331 e. The first-order valence-corrected chi connectivity index (χ1v) is 7.09. The number of methoxy groups -OCH3 is 2. The highest BCUT2D eigenvalue weighted by atomic mass is 16.5. The standard InChI is InChI=1S/C15H20N2O7/c1-8(2)14(20)24-7-9(15(21)23-4)17-13(19)11-12(18)10(22-3)5-6-16-11/h5-6,8-9,18H,7H2,1-4H3,(H,17,19). The van der Waals surface area contributed by atoms with Crippen LogP contribution in [0.1, 0.15) is 24.3 Å². The van der Waals surface area contributed by atoms with Crippen molar-refractivity contribution in [3.05, 3.63) is 18.0 Å². The van der Waals surface area contributed by atoms with Gasteiger partial charge in [-0.25, -0.2) is 9.78 Å². The van der Waals surface area contributed by atoms with Gasteiger partial charge in [-0.05, 0) is 0 Å². The van der Waals surface area contributed by atoms with Gasteiger partial charge in [-0.3, -0.25) is 9.59 Å². The minimum absolute atomic E-state index is 0.0519. The summed E-state index contributed by atoms with van der Waals surface area (Å²) in [7, 11) is 2.45. The van der Waals surface area contributed by atoms with Gasteiger partial charge in [-0.1, -0.05) is 13.8 Å². The highest BCUT2D eigenvalue weighted by Crippen LogP contribution is 2.27. The molecule has 1 atom stereocenters. The molecule has 0 aliphatic heterocycles. The van der Waals surface area contributed by atoms with Crippen LogP contribution in [0.5, 0.6) is 11.5 Å². The van der Waals surface area contributed by atoms with E-state index in [0.29, 0.717) is 0 Å². The van der Waals surface area contributed by atoms with Gasteiger partial charge in [-0.2, -0.15) is 0 Å². The Morgan fingerprint density at radius 3 is 2.46 bits per heavy atom. The van der Waals surface area contributed by atoms with Crippen molar-refractivity contribution < 1.29 is 33.7 Å². The van der Waals surface area contributed by atoms with E-state index in [1.54, 1.807) is 13.8 Å². The Kier molecular flexibility index (Phi) is 6.97. The maximum Gasteiger partial charge on any atom is 0.331 e. The fraction of sp³-hybridized carbons (Fsp3) is 0.467. The second-order valence-corrected chi connectivity index (χ2v) is 5.04. The number of aromatic hydroxyl groups is 1. The summed E-state index contributed by atoms with van der Waals surface area (Å²) in [6.45, 7) is 2.86. The minimum atomic E-state index is -1.24. The molecule has 132 valence electrons. The first kappa shape index (κ1) is 19.2. The number of ether oxygens (including phenoxy) is 3. The molecule has 1 amide bonds. The lowest BCUT2D eigenvalue weighted by molar-refractivity contribution is -0.152. The number of rotatable bonds is 7. The third-order valence-electron chi connectivity index (χ3n) is 2.98. The molecule has 1 aromatic rings. The van der Waals surface area contributed by atoms with Crippen LogP contribution in [0.25, 0.3) is 0 Å². The topological polar surface area (TPSA) is 124 Å². The lowest BCUT2D eigenvalue weighted by Crippen LogP contribution is -2.45. The van der Waals surface area contributed by atoms with Crippen molar-refractivity contribution in [3.8, 4) is 11.5 Å². The molecule has 0 saturated carbocycles. The zero-order chi connectivity index (χ0) is 18.3. The zero-order valence-corrected chi connectivity index (χ0v) is 13.9. The lowest BCUT2D eigenvalue weighted by Gasteiger charge is -2.17. The van der Waals surface area contributed by atoms with Crippen molar-refractivity contribution in [2.24, 2.45) is 5.92 Å². The molecule has 9 heteroatoms.